The number of nitrogens with two attached hydrogens (primary N) is 1. The van der Waals surface area contributed by atoms with E-state index < -0.39 is 0 Å². The molecule has 0 heterocycles. The van der Waals surface area contributed by atoms with Crippen LogP contribution in [0, 0.1) is 11.8 Å². The maximum Gasteiger partial charge on any atom is 0.0770 e. The molecule has 0 spiro atoms. The second-order valence-electron chi connectivity index (χ2n) is 18.5. The van der Waals surface area contributed by atoms with E-state index in [9.17, 15) is 0 Å². The molecular weight excluding hydrogens is 719 g/mol. The summed E-state index contributed by atoms with van der Waals surface area (Å²) >= 11 is 0. The van der Waals surface area contributed by atoms with Gasteiger partial charge in [-0.05, 0) is 154 Å². The molecule has 1 aliphatic carbocycles. The van der Waals surface area contributed by atoms with Crippen molar-refractivity contribution in [1.29, 1.82) is 0 Å². The number of hydrogen-bond donors (Lipinski definition) is 1. The lowest BCUT2D eigenvalue weighted by Crippen LogP contribution is -2.31. The van der Waals surface area contributed by atoms with Crippen molar-refractivity contribution in [2.24, 2.45) is 22.6 Å². The van der Waals surface area contributed by atoms with Crippen molar-refractivity contribution < 1.29 is 4.74 Å². The number of nitrogens with zero attached hydrogens (tertiary/aromatic N) is 2. The van der Waals surface area contributed by atoms with Gasteiger partial charge < -0.3 is 15.4 Å². The first kappa shape index (κ1) is 55.3. The molecule has 0 aromatic carbocycles. The normalized spacial score (nSPS) is 18.1. The van der Waals surface area contributed by atoms with Crippen molar-refractivity contribution in [2.75, 3.05) is 33.8 Å². The molecule has 0 amide bonds. The van der Waals surface area contributed by atoms with Crippen molar-refractivity contribution in [1.82, 2.24) is 4.90 Å². The highest BCUT2D eigenvalue weighted by Gasteiger charge is 2.32. The molecule has 1 rings (SSSR count). The smallest absolute Gasteiger partial charge is 0.0770 e. The molecule has 4 heteroatoms. The summed E-state index contributed by atoms with van der Waals surface area (Å²) in [7, 11) is 4.30. The van der Waals surface area contributed by atoms with Crippen molar-refractivity contribution in [3.05, 3.63) is 60.8 Å². The lowest BCUT2D eigenvalue weighted by molar-refractivity contribution is 0.0493. The monoisotopic (exact) mass is 820 g/mol. The summed E-state index contributed by atoms with van der Waals surface area (Å²) in [5, 5.41) is 0. The largest absolute Gasteiger partial charge is 0.376 e. The van der Waals surface area contributed by atoms with E-state index in [0.29, 0.717) is 11.8 Å². The van der Waals surface area contributed by atoms with E-state index in [4.69, 9.17) is 15.5 Å². The summed E-state index contributed by atoms with van der Waals surface area (Å²) < 4.78 is 6.52. The molecule has 2 N–H and O–H groups in total. The Morgan fingerprint density at radius 2 is 1.10 bits per heavy atom. The molecule has 59 heavy (non-hydrogen) atoms. The zero-order valence-electron chi connectivity index (χ0n) is 40.0. The second kappa shape index (κ2) is 42.9. The predicted octanol–water partition coefficient (Wildman–Crippen LogP) is 16.3. The second-order valence-corrected chi connectivity index (χ2v) is 18.5. The van der Waals surface area contributed by atoms with E-state index in [2.05, 4.69) is 94.2 Å². The standard InChI is InChI=1S/C55H101N3O/c1-6-8-10-12-14-16-18-20-22-24-25-26-28-30-32-34-36-38-42-54(59-48-39-37-35-33-31-29-27-23-21-19-17-15-13-11-9-7-2)50-57-46-45-52-43-44-53(55(52)56)49-51(3)41-40-47-58(4)5/h14-17,20-23,46,52-55H,3,6-13,18-19,24-45,47-50,56H2,1-2,4-5H3/b16-14-,17-15-,22-20-,23-21-,57-46+. The van der Waals surface area contributed by atoms with E-state index in [1.807, 2.05) is 0 Å². The average Bonchev–Trinajstić information content (AvgIpc) is 3.56. The van der Waals surface area contributed by atoms with E-state index >= 15 is 0 Å². The van der Waals surface area contributed by atoms with Gasteiger partial charge in [0.15, 0.2) is 0 Å². The summed E-state index contributed by atoms with van der Waals surface area (Å²) in [6.45, 7) is 11.8. The third-order valence-electron chi connectivity index (χ3n) is 12.5. The van der Waals surface area contributed by atoms with Crippen molar-refractivity contribution in [3.8, 4) is 0 Å². The highest BCUT2D eigenvalue weighted by molar-refractivity contribution is 5.57. The summed E-state index contributed by atoms with van der Waals surface area (Å²) in [6.07, 6.45) is 63.1. The number of hydrogen-bond acceptors (Lipinski definition) is 4. The van der Waals surface area contributed by atoms with Crippen LogP contribution in [0.1, 0.15) is 226 Å². The van der Waals surface area contributed by atoms with Gasteiger partial charge in [-0.3, -0.25) is 4.99 Å². The van der Waals surface area contributed by atoms with E-state index in [1.165, 1.54) is 179 Å². The average molecular weight is 820 g/mol. The van der Waals surface area contributed by atoms with Gasteiger partial charge in [-0.25, -0.2) is 0 Å². The van der Waals surface area contributed by atoms with E-state index in [-0.39, 0.29) is 12.1 Å². The SMILES string of the molecule is C=C(CCCN(C)C)CC1CCC(C/C=N/CC(CCCCCCCCCC/C=C\C/C=C\CCCCC)OCCCCCCCC/C=C\C/C=C\CCCCC)C1N. The van der Waals surface area contributed by atoms with Crippen LogP contribution in [0.5, 0.6) is 0 Å². The summed E-state index contributed by atoms with van der Waals surface area (Å²) in [5.41, 5.74) is 8.19. The molecule has 1 fully saturated rings. The summed E-state index contributed by atoms with van der Waals surface area (Å²) in [4.78, 5) is 7.22. The van der Waals surface area contributed by atoms with Crippen LogP contribution in [0.2, 0.25) is 0 Å². The molecule has 4 atom stereocenters. The van der Waals surface area contributed by atoms with Gasteiger partial charge in [-0.2, -0.15) is 0 Å². The van der Waals surface area contributed by atoms with Crippen LogP contribution in [0.3, 0.4) is 0 Å². The minimum Gasteiger partial charge on any atom is -0.376 e. The molecule has 4 nitrogen and oxygen atoms in total. The van der Waals surface area contributed by atoms with E-state index in [1.54, 1.807) is 0 Å². The maximum absolute atomic E-state index is 6.80. The minimum atomic E-state index is 0.254. The van der Waals surface area contributed by atoms with Crippen molar-refractivity contribution >= 4 is 6.21 Å². The minimum absolute atomic E-state index is 0.254. The first-order valence-electron chi connectivity index (χ1n) is 25.7. The molecule has 0 aromatic rings. The van der Waals surface area contributed by atoms with Gasteiger partial charge in [-0.1, -0.05) is 171 Å². The Labute approximate surface area is 369 Å². The Morgan fingerprint density at radius 1 is 0.627 bits per heavy atom. The summed E-state index contributed by atoms with van der Waals surface area (Å²) in [5.74, 6) is 1.14. The van der Waals surface area contributed by atoms with Crippen molar-refractivity contribution in [2.45, 2.75) is 238 Å². The Kier molecular flexibility index (Phi) is 40.2. The van der Waals surface area contributed by atoms with Gasteiger partial charge in [0.05, 0.1) is 12.6 Å². The number of aliphatic imine (C=N–C) groups is 1. The Morgan fingerprint density at radius 3 is 1.63 bits per heavy atom. The molecule has 0 radical (unpaired) electrons. The zero-order valence-corrected chi connectivity index (χ0v) is 40.0. The predicted molar refractivity (Wildman–Crippen MR) is 266 cm³/mol. The molecular formula is C55H101N3O. The number of ether oxygens (including phenoxy) is 1. The number of rotatable bonds is 43. The van der Waals surface area contributed by atoms with Crippen LogP contribution in [-0.4, -0.2) is 57.1 Å². The number of allylic oxidation sites excluding steroid dienone is 9. The fourth-order valence-corrected chi connectivity index (χ4v) is 8.51. The van der Waals surface area contributed by atoms with Gasteiger partial charge in [0.2, 0.25) is 0 Å². The van der Waals surface area contributed by atoms with Crippen LogP contribution in [-0.2, 0) is 4.74 Å². The quantitative estimate of drug-likeness (QED) is 0.0379. The van der Waals surface area contributed by atoms with Gasteiger partial charge >= 0.3 is 0 Å². The Hall–Kier alpha value is -1.75. The third-order valence-corrected chi connectivity index (χ3v) is 12.5. The molecule has 342 valence electrons. The van der Waals surface area contributed by atoms with Gasteiger partial charge in [0.25, 0.3) is 0 Å². The fraction of sp³-hybridized carbons (Fsp3) is 0.800. The molecule has 0 aliphatic heterocycles. The topological polar surface area (TPSA) is 50.8 Å². The lowest BCUT2D eigenvalue weighted by Gasteiger charge is -2.21. The lowest BCUT2D eigenvalue weighted by atomic mass is 9.90. The first-order valence-corrected chi connectivity index (χ1v) is 25.7. The van der Waals surface area contributed by atoms with Gasteiger partial charge in [0.1, 0.15) is 0 Å². The van der Waals surface area contributed by atoms with E-state index in [0.717, 1.165) is 58.2 Å². The molecule has 4 unspecified atom stereocenters. The third kappa shape index (κ3) is 36.6. The van der Waals surface area contributed by atoms with Crippen molar-refractivity contribution in [3.63, 3.8) is 0 Å². The number of unbranched alkanes of at least 4 members (excludes halogenated alkanes) is 20. The molecule has 0 bridgehead atoms. The van der Waals surface area contributed by atoms with Crippen LogP contribution in [0.25, 0.3) is 0 Å². The Balaban J connectivity index is 2.31. The van der Waals surface area contributed by atoms with Crippen LogP contribution in [0.4, 0.5) is 0 Å². The summed E-state index contributed by atoms with van der Waals surface area (Å²) in [6, 6.07) is 0.275. The highest BCUT2D eigenvalue weighted by Crippen LogP contribution is 2.36. The van der Waals surface area contributed by atoms with Crippen LogP contribution >= 0.6 is 0 Å². The molecule has 1 aliphatic rings. The van der Waals surface area contributed by atoms with Crippen LogP contribution < -0.4 is 5.73 Å². The van der Waals surface area contributed by atoms with Gasteiger partial charge in [0, 0.05) is 12.6 Å². The molecule has 0 saturated heterocycles. The van der Waals surface area contributed by atoms with Gasteiger partial charge in [-0.15, -0.1) is 0 Å². The maximum atomic E-state index is 6.80. The molecule has 1 saturated carbocycles. The fourth-order valence-electron chi connectivity index (χ4n) is 8.51. The highest BCUT2D eigenvalue weighted by atomic mass is 16.5. The Bertz CT molecular complexity index is 1060. The van der Waals surface area contributed by atoms with Crippen LogP contribution in [0.15, 0.2) is 65.8 Å². The first-order chi connectivity index (χ1) is 29.0. The zero-order chi connectivity index (χ0) is 42.7. The molecule has 0 aromatic heterocycles.